The number of amides is 5. The topological polar surface area (TPSA) is 175 Å². The van der Waals surface area contributed by atoms with Gasteiger partial charge in [0.2, 0.25) is 11.8 Å². The van der Waals surface area contributed by atoms with Gasteiger partial charge in [-0.05, 0) is 82.7 Å². The van der Waals surface area contributed by atoms with Crippen LogP contribution in [0.15, 0.2) is 97.2 Å². The summed E-state index contributed by atoms with van der Waals surface area (Å²) in [6.45, 7) is 8.55. The minimum absolute atomic E-state index is 0.149. The molecule has 0 saturated carbocycles. The number of likely N-dealkylation sites (tertiary alicyclic amines) is 2. The van der Waals surface area contributed by atoms with Gasteiger partial charge in [-0.2, -0.15) is 8.78 Å². The summed E-state index contributed by atoms with van der Waals surface area (Å²) in [5, 5.41) is 8.19. The molecule has 66 heavy (non-hydrogen) atoms. The van der Waals surface area contributed by atoms with Gasteiger partial charge in [-0.15, -0.1) is 0 Å². The number of aromatic nitrogens is 2. The van der Waals surface area contributed by atoms with Crippen molar-refractivity contribution in [3.05, 3.63) is 120 Å². The predicted molar refractivity (Wildman–Crippen MR) is 243 cm³/mol. The average Bonchev–Trinajstić information content (AvgIpc) is 4.11. The van der Waals surface area contributed by atoms with E-state index in [9.17, 15) is 24.0 Å². The molecule has 4 N–H and O–H groups in total. The fourth-order valence-electron chi connectivity index (χ4n) is 9.43. The van der Waals surface area contributed by atoms with Crippen molar-refractivity contribution in [3.8, 4) is 33.5 Å². The third kappa shape index (κ3) is 8.83. The van der Waals surface area contributed by atoms with Crippen molar-refractivity contribution in [3.63, 3.8) is 0 Å². The van der Waals surface area contributed by atoms with Gasteiger partial charge in [-0.3, -0.25) is 14.4 Å². The van der Waals surface area contributed by atoms with Crippen molar-refractivity contribution in [2.75, 3.05) is 32.6 Å². The van der Waals surface area contributed by atoms with E-state index in [0.717, 1.165) is 0 Å². The Morgan fingerprint density at radius 2 is 1.44 bits per heavy atom. The summed E-state index contributed by atoms with van der Waals surface area (Å²) in [7, 11) is 2.45. The number of rotatable bonds is 11. The van der Waals surface area contributed by atoms with E-state index < -0.39 is 54.1 Å². The third-order valence-corrected chi connectivity index (χ3v) is 12.8. The van der Waals surface area contributed by atoms with Crippen LogP contribution in [0.5, 0.6) is 0 Å². The highest BCUT2D eigenvalue weighted by Crippen LogP contribution is 2.53. The number of hydrogen-bond acceptors (Lipinski definition) is 8. The zero-order chi connectivity index (χ0) is 47.1. The lowest BCUT2D eigenvalue weighted by Crippen LogP contribution is -2.51. The standard InChI is InChI=1S/C50H53F2N7O7/c1-28(2)41(56-47(63)65-5)45(61)59-27-49(3,4)25-40(59)43-53-26-38(55-43)32-18-20-35-34-19-17-31(23-36(34)50(51,52)37(35)24-32)30-14-10-15-33(22-30)54-44(60)39-16-11-21-58(39)46(62)42(57-48(64)66-6)29-12-8-7-9-13-29/h7-10,12-15,17-20,22-24,26,28,39-42H,11,16,21,25,27H2,1-6H3,(H,53,55)(H,54,60)(H,56,63)(H,57,64)/t39-,40?,41?,42-/m0/s1. The maximum Gasteiger partial charge on any atom is 0.407 e. The number of fused-ring (bicyclic) bond motifs is 3. The third-order valence-electron chi connectivity index (χ3n) is 12.8. The Hall–Kier alpha value is -7.10. The lowest BCUT2D eigenvalue weighted by Gasteiger charge is -2.30. The maximum absolute atomic E-state index is 16.6. The van der Waals surface area contributed by atoms with E-state index in [4.69, 9.17) is 9.47 Å². The van der Waals surface area contributed by atoms with Gasteiger partial charge in [-0.25, -0.2) is 14.6 Å². The minimum atomic E-state index is -3.35. The number of nitrogens with one attached hydrogen (secondary N) is 4. The molecule has 8 rings (SSSR count). The highest BCUT2D eigenvalue weighted by atomic mass is 19.3. The number of hydrogen-bond donors (Lipinski definition) is 4. The fraction of sp³-hybridized carbons (Fsp3) is 0.360. The number of carbonyl (C=O) groups is 5. The Bertz CT molecular complexity index is 2690. The van der Waals surface area contributed by atoms with Crippen molar-refractivity contribution in [1.82, 2.24) is 30.4 Å². The maximum atomic E-state index is 16.6. The number of benzene rings is 4. The molecule has 3 heterocycles. The van der Waals surface area contributed by atoms with Crippen molar-refractivity contribution in [2.24, 2.45) is 11.3 Å². The van der Waals surface area contributed by atoms with E-state index in [1.54, 1.807) is 90.0 Å². The molecule has 2 saturated heterocycles. The Morgan fingerprint density at radius 3 is 2.12 bits per heavy atom. The molecule has 1 aromatic heterocycles. The van der Waals surface area contributed by atoms with Gasteiger partial charge in [0.15, 0.2) is 0 Å². The first-order valence-electron chi connectivity index (χ1n) is 22.0. The molecule has 2 fully saturated rings. The number of nitrogens with zero attached hydrogens (tertiary/aromatic N) is 3. The first-order chi connectivity index (χ1) is 31.5. The second-order valence-corrected chi connectivity index (χ2v) is 18.2. The molecule has 344 valence electrons. The van der Waals surface area contributed by atoms with Crippen molar-refractivity contribution >= 4 is 35.6 Å². The van der Waals surface area contributed by atoms with Crippen LogP contribution >= 0.6 is 0 Å². The molecule has 2 unspecified atom stereocenters. The predicted octanol–water partition coefficient (Wildman–Crippen LogP) is 8.57. The van der Waals surface area contributed by atoms with Crippen molar-refractivity contribution in [1.29, 1.82) is 0 Å². The molecule has 5 amide bonds. The van der Waals surface area contributed by atoms with E-state index in [-0.39, 0.29) is 28.4 Å². The van der Waals surface area contributed by atoms with E-state index in [0.29, 0.717) is 82.9 Å². The van der Waals surface area contributed by atoms with E-state index in [1.807, 2.05) is 13.8 Å². The fourth-order valence-corrected chi connectivity index (χ4v) is 9.43. The number of halogens is 2. The second-order valence-electron chi connectivity index (χ2n) is 18.2. The normalized spacial score (nSPS) is 18.8. The van der Waals surface area contributed by atoms with Crippen LogP contribution in [0.2, 0.25) is 0 Å². The zero-order valence-corrected chi connectivity index (χ0v) is 37.6. The number of alkyl halides is 2. The van der Waals surface area contributed by atoms with Gasteiger partial charge in [0.25, 0.3) is 11.8 Å². The van der Waals surface area contributed by atoms with Gasteiger partial charge in [0.1, 0.15) is 23.9 Å². The molecule has 0 spiro atoms. The highest BCUT2D eigenvalue weighted by Gasteiger charge is 2.47. The average molecular weight is 902 g/mol. The molecular formula is C50H53F2N7O7. The van der Waals surface area contributed by atoms with Crippen LogP contribution in [0.1, 0.15) is 81.6 Å². The van der Waals surface area contributed by atoms with Crippen LogP contribution in [0.3, 0.4) is 0 Å². The number of H-pyrrole nitrogens is 1. The molecule has 14 nitrogen and oxygen atoms in total. The Morgan fingerprint density at radius 1 is 0.788 bits per heavy atom. The molecule has 4 atom stereocenters. The van der Waals surface area contributed by atoms with Crippen LogP contribution in [-0.4, -0.2) is 89.1 Å². The molecule has 0 bridgehead atoms. The number of aromatic amines is 1. The summed E-state index contributed by atoms with van der Waals surface area (Å²) < 4.78 is 42.8. The second kappa shape index (κ2) is 18.1. The molecule has 1 aliphatic carbocycles. The molecule has 0 radical (unpaired) electrons. The minimum Gasteiger partial charge on any atom is -0.453 e. The molecular weight excluding hydrogens is 849 g/mol. The number of imidazole rings is 1. The van der Waals surface area contributed by atoms with Crippen LogP contribution in [-0.2, 0) is 29.8 Å². The Labute approximate surface area is 381 Å². The summed E-state index contributed by atoms with van der Waals surface area (Å²) >= 11 is 0. The molecule has 5 aromatic rings. The monoisotopic (exact) mass is 901 g/mol. The van der Waals surface area contributed by atoms with Crippen LogP contribution in [0.25, 0.3) is 33.5 Å². The quantitative estimate of drug-likeness (QED) is 0.102. The molecule has 4 aromatic carbocycles. The highest BCUT2D eigenvalue weighted by molar-refractivity contribution is 5.99. The molecule has 2 aliphatic heterocycles. The first-order valence-corrected chi connectivity index (χ1v) is 22.0. The van der Waals surface area contributed by atoms with E-state index >= 15 is 8.78 Å². The zero-order valence-electron chi connectivity index (χ0n) is 37.6. The first kappa shape index (κ1) is 45.5. The van der Waals surface area contributed by atoms with E-state index in [2.05, 4.69) is 39.8 Å². The number of alkyl carbamates (subject to hydrolysis) is 2. The van der Waals surface area contributed by atoms with Gasteiger partial charge in [0.05, 0.1) is 32.2 Å². The van der Waals surface area contributed by atoms with Crippen molar-refractivity contribution in [2.45, 2.75) is 77.0 Å². The lowest BCUT2D eigenvalue weighted by atomic mass is 9.90. The number of anilines is 1. The van der Waals surface area contributed by atoms with Crippen LogP contribution in [0.4, 0.5) is 24.1 Å². The van der Waals surface area contributed by atoms with Crippen LogP contribution in [0, 0.1) is 11.3 Å². The van der Waals surface area contributed by atoms with Crippen LogP contribution < -0.4 is 16.0 Å². The molecule has 3 aliphatic rings. The summed E-state index contributed by atoms with van der Waals surface area (Å²) in [6.07, 6.45) is 1.70. The largest absolute Gasteiger partial charge is 0.453 e. The van der Waals surface area contributed by atoms with Gasteiger partial charge in [-0.1, -0.05) is 94.4 Å². The number of methoxy groups -OCH3 is 2. The molecule has 16 heteroatoms. The van der Waals surface area contributed by atoms with Gasteiger partial charge in [0, 0.05) is 35.5 Å². The summed E-state index contributed by atoms with van der Waals surface area (Å²) in [5.74, 6) is -4.16. The summed E-state index contributed by atoms with van der Waals surface area (Å²) in [4.78, 5) is 77.1. The van der Waals surface area contributed by atoms with Gasteiger partial charge >= 0.3 is 12.2 Å². The summed E-state index contributed by atoms with van der Waals surface area (Å²) in [5.41, 5.74) is 3.37. The summed E-state index contributed by atoms with van der Waals surface area (Å²) in [6, 6.07) is 22.4. The van der Waals surface area contributed by atoms with E-state index in [1.165, 1.54) is 31.3 Å². The SMILES string of the molecule is COC(=O)NC(C(=O)N1CC(C)(C)CC1c1ncc(-c2ccc3c(c2)C(F)(F)c2cc(-c4cccc(NC(=O)[C@@H]5CCCN5C(=O)[C@@H](NC(=O)OC)c5ccccc5)c4)ccc2-3)[nH]1)C(C)C. The number of carbonyl (C=O) groups excluding carboxylic acids is 5. The van der Waals surface area contributed by atoms with Gasteiger partial charge < -0.3 is 40.2 Å². The Kier molecular flexibility index (Phi) is 12.4. The smallest absolute Gasteiger partial charge is 0.407 e. The Balaban J connectivity index is 0.990. The van der Waals surface area contributed by atoms with Crippen molar-refractivity contribution < 1.29 is 42.2 Å². The lowest BCUT2D eigenvalue weighted by molar-refractivity contribution is -0.138. The number of ether oxygens (including phenoxy) is 2.